The maximum absolute atomic E-state index is 11.9. The lowest BCUT2D eigenvalue weighted by Crippen LogP contribution is -2.33. The molecular formula is C16H25ClN2O3. The van der Waals surface area contributed by atoms with E-state index < -0.39 is 0 Å². The van der Waals surface area contributed by atoms with Gasteiger partial charge in [0.15, 0.2) is 5.78 Å². The van der Waals surface area contributed by atoms with Crippen LogP contribution in [0.5, 0.6) is 0 Å². The first-order chi connectivity index (χ1) is 10.1. The highest BCUT2D eigenvalue weighted by atomic mass is 35.5. The summed E-state index contributed by atoms with van der Waals surface area (Å²) in [6.07, 6.45) is 0.469. The van der Waals surface area contributed by atoms with Crippen molar-refractivity contribution in [1.82, 2.24) is 10.6 Å². The zero-order valence-corrected chi connectivity index (χ0v) is 14.0. The fourth-order valence-electron chi connectivity index (χ4n) is 1.79. The Morgan fingerprint density at radius 2 is 1.73 bits per heavy atom. The van der Waals surface area contributed by atoms with Crippen LogP contribution in [0.25, 0.3) is 0 Å². The second kappa shape index (κ2) is 12.1. The summed E-state index contributed by atoms with van der Waals surface area (Å²) in [5.41, 5.74) is 1.78. The second-order valence-electron chi connectivity index (χ2n) is 4.88. The molecule has 0 aliphatic carbocycles. The minimum Gasteiger partial charge on any atom is -0.383 e. The largest absolute Gasteiger partial charge is 0.383 e. The van der Waals surface area contributed by atoms with Gasteiger partial charge in [-0.25, -0.2) is 0 Å². The van der Waals surface area contributed by atoms with E-state index in [1.165, 1.54) is 0 Å². The van der Waals surface area contributed by atoms with Gasteiger partial charge < -0.3 is 15.4 Å². The van der Waals surface area contributed by atoms with Crippen LogP contribution in [0.3, 0.4) is 0 Å². The Morgan fingerprint density at radius 1 is 1.05 bits per heavy atom. The van der Waals surface area contributed by atoms with Crippen molar-refractivity contribution in [3.63, 3.8) is 0 Å². The van der Waals surface area contributed by atoms with E-state index in [-0.39, 0.29) is 36.9 Å². The van der Waals surface area contributed by atoms with E-state index in [0.717, 1.165) is 12.1 Å². The summed E-state index contributed by atoms with van der Waals surface area (Å²) in [4.78, 5) is 23.5. The number of methoxy groups -OCH3 is 1. The van der Waals surface area contributed by atoms with E-state index in [1.54, 1.807) is 19.2 Å². The highest BCUT2D eigenvalue weighted by Gasteiger charge is 2.08. The number of halogens is 1. The summed E-state index contributed by atoms with van der Waals surface area (Å²) >= 11 is 0. The van der Waals surface area contributed by atoms with Crippen LogP contribution in [-0.4, -0.2) is 45.0 Å². The molecule has 0 unspecified atom stereocenters. The Hall–Kier alpha value is -1.43. The van der Waals surface area contributed by atoms with E-state index in [1.807, 2.05) is 19.1 Å². The minimum absolute atomic E-state index is 0. The molecule has 6 heteroatoms. The second-order valence-corrected chi connectivity index (χ2v) is 4.88. The number of hydrogen-bond acceptors (Lipinski definition) is 4. The van der Waals surface area contributed by atoms with Crippen LogP contribution in [0.2, 0.25) is 0 Å². The summed E-state index contributed by atoms with van der Waals surface area (Å²) in [5, 5.41) is 5.91. The standard InChI is InChI=1S/C16H24N2O3.ClH/c1-13-3-5-14(6-4-13)15(19)7-8-16(20)18-10-9-17-11-12-21-2;/h3-6,17H,7-12H2,1-2H3,(H,18,20);1H. The quantitative estimate of drug-likeness (QED) is 0.507. The van der Waals surface area contributed by atoms with E-state index >= 15 is 0 Å². The molecule has 124 valence electrons. The maximum Gasteiger partial charge on any atom is 0.220 e. The molecule has 1 amide bonds. The average molecular weight is 329 g/mol. The Balaban J connectivity index is 0.00000441. The lowest BCUT2D eigenvalue weighted by Gasteiger charge is -2.06. The van der Waals surface area contributed by atoms with E-state index in [2.05, 4.69) is 10.6 Å². The van der Waals surface area contributed by atoms with Crippen LogP contribution < -0.4 is 10.6 Å². The topological polar surface area (TPSA) is 67.4 Å². The van der Waals surface area contributed by atoms with Gasteiger partial charge in [0.1, 0.15) is 0 Å². The number of ketones is 1. The van der Waals surface area contributed by atoms with Crippen LogP contribution in [0.4, 0.5) is 0 Å². The van der Waals surface area contributed by atoms with Gasteiger partial charge in [-0.2, -0.15) is 0 Å². The molecule has 0 saturated carbocycles. The van der Waals surface area contributed by atoms with E-state index in [4.69, 9.17) is 4.74 Å². The van der Waals surface area contributed by atoms with Crippen LogP contribution in [0, 0.1) is 6.92 Å². The van der Waals surface area contributed by atoms with Crippen molar-refractivity contribution in [1.29, 1.82) is 0 Å². The molecule has 0 radical (unpaired) electrons. The Kier molecular flexibility index (Phi) is 11.4. The lowest BCUT2D eigenvalue weighted by atomic mass is 10.1. The first kappa shape index (κ1) is 20.6. The molecule has 0 aromatic heterocycles. The monoisotopic (exact) mass is 328 g/mol. The van der Waals surface area contributed by atoms with Crippen molar-refractivity contribution in [3.8, 4) is 0 Å². The van der Waals surface area contributed by atoms with Gasteiger partial charge in [0.2, 0.25) is 5.91 Å². The van der Waals surface area contributed by atoms with Crippen molar-refractivity contribution >= 4 is 24.1 Å². The van der Waals surface area contributed by atoms with E-state index in [9.17, 15) is 9.59 Å². The highest BCUT2D eigenvalue weighted by molar-refractivity contribution is 5.97. The third-order valence-electron chi connectivity index (χ3n) is 3.06. The molecular weight excluding hydrogens is 304 g/mol. The van der Waals surface area contributed by atoms with Gasteiger partial charge in [0.05, 0.1) is 6.61 Å². The summed E-state index contributed by atoms with van der Waals surface area (Å²) in [6.45, 7) is 4.64. The molecule has 0 aliphatic heterocycles. The van der Waals surface area contributed by atoms with Crippen LogP contribution in [-0.2, 0) is 9.53 Å². The molecule has 22 heavy (non-hydrogen) atoms. The molecule has 1 rings (SSSR count). The molecule has 1 aromatic carbocycles. The van der Waals surface area contributed by atoms with Crippen molar-refractivity contribution in [2.24, 2.45) is 0 Å². The molecule has 0 atom stereocenters. The van der Waals surface area contributed by atoms with Gasteiger partial charge in [-0.3, -0.25) is 9.59 Å². The average Bonchev–Trinajstić information content (AvgIpc) is 2.49. The molecule has 0 saturated heterocycles. The predicted octanol–water partition coefficient (Wildman–Crippen LogP) is 1.73. The number of carbonyl (C=O) groups excluding carboxylic acids is 2. The normalized spacial score (nSPS) is 9.91. The fourth-order valence-corrected chi connectivity index (χ4v) is 1.79. The summed E-state index contributed by atoms with van der Waals surface area (Å²) in [7, 11) is 1.65. The Morgan fingerprint density at radius 3 is 2.36 bits per heavy atom. The Labute approximate surface area is 138 Å². The zero-order valence-electron chi connectivity index (χ0n) is 13.2. The van der Waals surface area contributed by atoms with Gasteiger partial charge in [-0.05, 0) is 6.92 Å². The van der Waals surface area contributed by atoms with Gasteiger partial charge >= 0.3 is 0 Å². The summed E-state index contributed by atoms with van der Waals surface area (Å²) in [6, 6.07) is 7.41. The lowest BCUT2D eigenvalue weighted by molar-refractivity contribution is -0.121. The van der Waals surface area contributed by atoms with Crippen LogP contribution in [0.15, 0.2) is 24.3 Å². The highest BCUT2D eigenvalue weighted by Crippen LogP contribution is 2.07. The molecule has 2 N–H and O–H groups in total. The Bertz CT molecular complexity index is 449. The van der Waals surface area contributed by atoms with Gasteiger partial charge in [-0.15, -0.1) is 12.4 Å². The number of hydrogen-bond donors (Lipinski definition) is 2. The third-order valence-corrected chi connectivity index (χ3v) is 3.06. The smallest absolute Gasteiger partial charge is 0.220 e. The minimum atomic E-state index is -0.0935. The maximum atomic E-state index is 11.9. The first-order valence-corrected chi connectivity index (χ1v) is 7.19. The number of benzene rings is 1. The number of rotatable bonds is 10. The first-order valence-electron chi connectivity index (χ1n) is 7.19. The SMILES string of the molecule is COCCNCCNC(=O)CCC(=O)c1ccc(C)cc1.Cl. The molecule has 0 spiro atoms. The number of ether oxygens (including phenoxy) is 1. The third kappa shape index (κ3) is 8.77. The molecule has 0 aliphatic rings. The van der Waals surface area contributed by atoms with Crippen molar-refractivity contribution in [2.45, 2.75) is 19.8 Å². The predicted molar refractivity (Wildman–Crippen MR) is 89.7 cm³/mol. The van der Waals surface area contributed by atoms with Gasteiger partial charge in [0.25, 0.3) is 0 Å². The number of Topliss-reactive ketones (excluding diaryl/α,β-unsaturated/α-hetero) is 1. The molecule has 0 heterocycles. The van der Waals surface area contributed by atoms with Gasteiger partial charge in [-0.1, -0.05) is 29.8 Å². The number of amides is 1. The van der Waals surface area contributed by atoms with Gasteiger partial charge in [0, 0.05) is 45.1 Å². The number of carbonyl (C=O) groups is 2. The van der Waals surface area contributed by atoms with Crippen LogP contribution in [0.1, 0.15) is 28.8 Å². The fraction of sp³-hybridized carbons (Fsp3) is 0.500. The molecule has 0 bridgehead atoms. The number of nitrogens with one attached hydrogen (secondary N) is 2. The number of aryl methyl sites for hydroxylation is 1. The van der Waals surface area contributed by atoms with E-state index in [0.29, 0.717) is 25.3 Å². The van der Waals surface area contributed by atoms with Crippen molar-refractivity contribution < 1.29 is 14.3 Å². The zero-order chi connectivity index (χ0) is 15.5. The summed E-state index contributed by atoms with van der Waals surface area (Å²) < 4.78 is 4.90. The van der Waals surface area contributed by atoms with Crippen LogP contribution >= 0.6 is 12.4 Å². The molecule has 1 aromatic rings. The summed E-state index contributed by atoms with van der Waals surface area (Å²) in [5.74, 6) is -0.0904. The van der Waals surface area contributed by atoms with Crippen molar-refractivity contribution in [3.05, 3.63) is 35.4 Å². The molecule has 5 nitrogen and oxygen atoms in total. The van der Waals surface area contributed by atoms with Crippen molar-refractivity contribution in [2.75, 3.05) is 33.4 Å². The molecule has 0 fully saturated rings.